The van der Waals surface area contributed by atoms with Gasteiger partial charge in [0.2, 0.25) is 0 Å². The van der Waals surface area contributed by atoms with Gasteiger partial charge in [-0.25, -0.2) is 0 Å². The van der Waals surface area contributed by atoms with Gasteiger partial charge < -0.3 is 25.1 Å². The van der Waals surface area contributed by atoms with Crippen molar-refractivity contribution >= 4 is 11.9 Å². The molecule has 1 fully saturated rings. The summed E-state index contributed by atoms with van der Waals surface area (Å²) >= 11 is 0. The Hall–Kier alpha value is -2.84. The van der Waals surface area contributed by atoms with Gasteiger partial charge in [0.25, 0.3) is 5.91 Å². The van der Waals surface area contributed by atoms with Crippen LogP contribution in [0, 0.1) is 5.92 Å². The second-order valence-electron chi connectivity index (χ2n) is 8.23. The fourth-order valence-corrected chi connectivity index (χ4v) is 3.81. The molecule has 1 aromatic carbocycles. The summed E-state index contributed by atoms with van der Waals surface area (Å²) in [6.45, 7) is 9.77. The first-order valence-corrected chi connectivity index (χ1v) is 11.2. The quantitative estimate of drug-likeness (QED) is 0.408. The Balaban J connectivity index is 1.49. The fraction of sp³-hybridized carbons (Fsp3) is 0.500. The Morgan fingerprint density at radius 2 is 1.91 bits per heavy atom. The van der Waals surface area contributed by atoms with Crippen LogP contribution in [0.15, 0.2) is 52.1 Å². The number of nitrogens with zero attached hydrogens (tertiary/aromatic N) is 2. The van der Waals surface area contributed by atoms with Crippen molar-refractivity contribution in [1.82, 2.24) is 20.9 Å². The van der Waals surface area contributed by atoms with Crippen molar-refractivity contribution in [3.05, 3.63) is 59.5 Å². The first-order valence-electron chi connectivity index (χ1n) is 11.2. The fourth-order valence-electron chi connectivity index (χ4n) is 3.81. The van der Waals surface area contributed by atoms with E-state index in [9.17, 15) is 4.79 Å². The van der Waals surface area contributed by atoms with E-state index in [0.717, 1.165) is 50.1 Å². The molecule has 1 atom stereocenters. The standard InChI is InChI=1S/C24H35N5O3/c1-18(2)22(29-9-12-31-13-10-29)17-28-24(25-3)27-15-19-6-4-7-20(14-19)23(30)26-16-21-8-5-11-32-21/h4-8,11,14,18,22H,9-10,12-13,15-17H2,1-3H3,(H,26,30)(H2,25,27,28). The van der Waals surface area contributed by atoms with Gasteiger partial charge in [0.15, 0.2) is 5.96 Å². The van der Waals surface area contributed by atoms with Crippen molar-refractivity contribution in [2.24, 2.45) is 10.9 Å². The highest BCUT2D eigenvalue weighted by Gasteiger charge is 2.23. The average molecular weight is 442 g/mol. The van der Waals surface area contributed by atoms with Gasteiger partial charge in [0.05, 0.1) is 26.0 Å². The molecule has 1 saturated heterocycles. The summed E-state index contributed by atoms with van der Waals surface area (Å²) in [5.41, 5.74) is 1.62. The van der Waals surface area contributed by atoms with Gasteiger partial charge in [-0.15, -0.1) is 0 Å². The van der Waals surface area contributed by atoms with Gasteiger partial charge in [-0.1, -0.05) is 26.0 Å². The third kappa shape index (κ3) is 7.10. The van der Waals surface area contributed by atoms with E-state index in [1.165, 1.54) is 0 Å². The van der Waals surface area contributed by atoms with Gasteiger partial charge in [-0.2, -0.15) is 0 Å². The summed E-state index contributed by atoms with van der Waals surface area (Å²) in [6.07, 6.45) is 1.60. The molecule has 8 nitrogen and oxygen atoms in total. The summed E-state index contributed by atoms with van der Waals surface area (Å²) in [4.78, 5) is 19.3. The van der Waals surface area contributed by atoms with E-state index in [1.54, 1.807) is 19.4 Å². The van der Waals surface area contributed by atoms with Crippen molar-refractivity contribution in [2.75, 3.05) is 39.9 Å². The number of furan rings is 1. The SMILES string of the molecule is CN=C(NCc1cccc(C(=O)NCc2ccco2)c1)NCC(C(C)C)N1CCOCC1. The minimum absolute atomic E-state index is 0.129. The zero-order chi connectivity index (χ0) is 22.8. The Morgan fingerprint density at radius 3 is 2.59 bits per heavy atom. The van der Waals surface area contributed by atoms with Crippen LogP contribution in [0.3, 0.4) is 0 Å². The van der Waals surface area contributed by atoms with Crippen LogP contribution in [0.5, 0.6) is 0 Å². The molecule has 1 aliphatic rings. The highest BCUT2D eigenvalue weighted by molar-refractivity contribution is 5.94. The van der Waals surface area contributed by atoms with Crippen molar-refractivity contribution in [3.8, 4) is 0 Å². The maximum atomic E-state index is 12.5. The van der Waals surface area contributed by atoms with E-state index in [1.807, 2.05) is 30.3 Å². The largest absolute Gasteiger partial charge is 0.467 e. The highest BCUT2D eigenvalue weighted by Crippen LogP contribution is 2.12. The lowest BCUT2D eigenvalue weighted by atomic mass is 10.0. The lowest BCUT2D eigenvalue weighted by Gasteiger charge is -2.37. The van der Waals surface area contributed by atoms with E-state index >= 15 is 0 Å². The van der Waals surface area contributed by atoms with Crippen molar-refractivity contribution in [2.45, 2.75) is 33.0 Å². The molecule has 0 saturated carbocycles. The highest BCUT2D eigenvalue weighted by atomic mass is 16.5. The van der Waals surface area contributed by atoms with Crippen molar-refractivity contribution in [3.63, 3.8) is 0 Å². The van der Waals surface area contributed by atoms with Crippen LogP contribution in [0.1, 0.15) is 35.5 Å². The van der Waals surface area contributed by atoms with Gasteiger partial charge in [-0.3, -0.25) is 14.7 Å². The van der Waals surface area contributed by atoms with E-state index in [-0.39, 0.29) is 5.91 Å². The average Bonchev–Trinajstić information content (AvgIpc) is 3.34. The number of amides is 1. The van der Waals surface area contributed by atoms with E-state index in [2.05, 4.69) is 39.7 Å². The number of benzene rings is 1. The van der Waals surface area contributed by atoms with Crippen molar-refractivity contribution < 1.29 is 13.9 Å². The minimum Gasteiger partial charge on any atom is -0.467 e. The zero-order valence-electron chi connectivity index (χ0n) is 19.3. The Labute approximate surface area is 190 Å². The van der Waals surface area contributed by atoms with Crippen LogP contribution in [-0.2, 0) is 17.8 Å². The second kappa shape index (κ2) is 12.3. The summed E-state index contributed by atoms with van der Waals surface area (Å²) < 4.78 is 10.8. The Bertz CT molecular complexity index is 860. The minimum atomic E-state index is -0.129. The molecule has 0 aliphatic carbocycles. The first kappa shape index (κ1) is 23.8. The molecule has 32 heavy (non-hydrogen) atoms. The number of ether oxygens (including phenoxy) is 1. The summed E-state index contributed by atoms with van der Waals surface area (Å²) in [6, 6.07) is 11.6. The van der Waals surface area contributed by atoms with Crippen LogP contribution >= 0.6 is 0 Å². The van der Waals surface area contributed by atoms with E-state index in [4.69, 9.17) is 9.15 Å². The van der Waals surface area contributed by atoms with Crippen molar-refractivity contribution in [1.29, 1.82) is 0 Å². The topological polar surface area (TPSA) is 91.1 Å². The number of hydrogen-bond acceptors (Lipinski definition) is 5. The molecular formula is C24H35N5O3. The van der Waals surface area contributed by atoms with Crippen LogP contribution < -0.4 is 16.0 Å². The number of guanidine groups is 1. The van der Waals surface area contributed by atoms with Gasteiger partial charge in [0, 0.05) is 44.8 Å². The van der Waals surface area contributed by atoms with Gasteiger partial charge in [-0.05, 0) is 35.7 Å². The molecule has 1 amide bonds. The molecule has 2 heterocycles. The van der Waals surface area contributed by atoms with E-state index < -0.39 is 0 Å². The molecule has 0 spiro atoms. The monoisotopic (exact) mass is 441 g/mol. The number of carbonyl (C=O) groups is 1. The second-order valence-corrected chi connectivity index (χ2v) is 8.23. The summed E-state index contributed by atoms with van der Waals surface area (Å²) in [5.74, 6) is 1.87. The molecule has 1 aromatic heterocycles. The predicted molar refractivity (Wildman–Crippen MR) is 126 cm³/mol. The molecule has 174 valence electrons. The molecule has 0 radical (unpaired) electrons. The molecule has 1 unspecified atom stereocenters. The number of rotatable bonds is 9. The third-order valence-corrected chi connectivity index (χ3v) is 5.64. The van der Waals surface area contributed by atoms with E-state index in [0.29, 0.717) is 30.6 Å². The van der Waals surface area contributed by atoms with Gasteiger partial charge in [0.1, 0.15) is 5.76 Å². The summed E-state index contributed by atoms with van der Waals surface area (Å²) in [7, 11) is 1.77. The van der Waals surface area contributed by atoms with Crippen LogP contribution in [-0.4, -0.2) is 62.7 Å². The molecule has 2 aromatic rings. The molecule has 8 heteroatoms. The number of nitrogens with one attached hydrogen (secondary N) is 3. The molecule has 0 bridgehead atoms. The lowest BCUT2D eigenvalue weighted by molar-refractivity contribution is 0.00752. The molecule has 3 N–H and O–H groups in total. The number of carbonyl (C=O) groups excluding carboxylic acids is 1. The molecule has 3 rings (SSSR count). The third-order valence-electron chi connectivity index (χ3n) is 5.64. The maximum absolute atomic E-state index is 12.5. The summed E-state index contributed by atoms with van der Waals surface area (Å²) in [5, 5.41) is 9.69. The molecular weight excluding hydrogens is 406 g/mol. The predicted octanol–water partition coefficient (Wildman–Crippen LogP) is 2.23. The van der Waals surface area contributed by atoms with Crippen LogP contribution in [0.25, 0.3) is 0 Å². The molecule has 1 aliphatic heterocycles. The van der Waals surface area contributed by atoms with Crippen LogP contribution in [0.2, 0.25) is 0 Å². The maximum Gasteiger partial charge on any atom is 0.251 e. The smallest absolute Gasteiger partial charge is 0.251 e. The zero-order valence-corrected chi connectivity index (χ0v) is 19.3. The lowest BCUT2D eigenvalue weighted by Crippen LogP contribution is -2.52. The normalized spacial score (nSPS) is 16.1. The van der Waals surface area contributed by atoms with Gasteiger partial charge >= 0.3 is 0 Å². The Kier molecular flexibility index (Phi) is 9.13. The number of morpholine rings is 1. The number of hydrogen-bond donors (Lipinski definition) is 3. The first-order chi connectivity index (χ1) is 15.6. The number of aliphatic imine (C=N–C) groups is 1. The Morgan fingerprint density at radius 1 is 1.09 bits per heavy atom. The van der Waals surface area contributed by atoms with Crippen LogP contribution in [0.4, 0.5) is 0 Å².